The summed E-state index contributed by atoms with van der Waals surface area (Å²) in [5, 5.41) is 10.5. The van der Waals surface area contributed by atoms with Gasteiger partial charge in [-0.1, -0.05) is 6.07 Å². The van der Waals surface area contributed by atoms with E-state index in [1.807, 2.05) is 23.9 Å². The number of halogens is 2. The fourth-order valence-electron chi connectivity index (χ4n) is 2.00. The predicted molar refractivity (Wildman–Crippen MR) is 103 cm³/mol. The Hall–Kier alpha value is -1.84. The van der Waals surface area contributed by atoms with Crippen molar-refractivity contribution in [3.63, 3.8) is 0 Å². The number of hydrogen-bond donors (Lipinski definition) is 2. The van der Waals surface area contributed by atoms with Crippen molar-refractivity contribution in [2.24, 2.45) is 4.99 Å². The van der Waals surface area contributed by atoms with Crippen LogP contribution in [0, 0.1) is 5.82 Å². The molecule has 0 amide bonds. The van der Waals surface area contributed by atoms with Crippen molar-refractivity contribution in [3.05, 3.63) is 48.5 Å². The monoisotopic (exact) mass is 447 g/mol. The Morgan fingerprint density at radius 2 is 2.21 bits per heavy atom. The summed E-state index contributed by atoms with van der Waals surface area (Å²) in [4.78, 5) is 4.15. The van der Waals surface area contributed by atoms with E-state index in [2.05, 4.69) is 20.7 Å². The Labute approximate surface area is 158 Å². The van der Waals surface area contributed by atoms with Crippen LogP contribution < -0.4 is 15.4 Å². The molecule has 1 atom stereocenters. The van der Waals surface area contributed by atoms with Gasteiger partial charge in [0.1, 0.15) is 17.7 Å². The number of aliphatic imine (C=N–C) groups is 1. The van der Waals surface area contributed by atoms with Crippen molar-refractivity contribution in [1.29, 1.82) is 0 Å². The molecular formula is C16H23FIN5O. The first-order valence-electron chi connectivity index (χ1n) is 7.51. The molecule has 6 nitrogen and oxygen atoms in total. The van der Waals surface area contributed by atoms with Gasteiger partial charge >= 0.3 is 0 Å². The number of ether oxygens (including phenoxy) is 1. The minimum absolute atomic E-state index is 0. The smallest absolute Gasteiger partial charge is 0.191 e. The number of nitrogens with zero attached hydrogens (tertiary/aromatic N) is 3. The summed E-state index contributed by atoms with van der Waals surface area (Å²) in [6, 6.07) is 8.00. The minimum atomic E-state index is -0.307. The average Bonchev–Trinajstić information content (AvgIpc) is 3.04. The zero-order valence-electron chi connectivity index (χ0n) is 13.8. The Balaban J connectivity index is 0.00000288. The Bertz CT molecular complexity index is 621. The molecule has 132 valence electrons. The quantitative estimate of drug-likeness (QED) is 0.389. The summed E-state index contributed by atoms with van der Waals surface area (Å²) < 4.78 is 20.6. The van der Waals surface area contributed by atoms with E-state index in [1.165, 1.54) is 12.1 Å². The summed E-state index contributed by atoms with van der Waals surface area (Å²) in [5.41, 5.74) is 0. The molecule has 24 heavy (non-hydrogen) atoms. The fourth-order valence-corrected chi connectivity index (χ4v) is 2.00. The van der Waals surface area contributed by atoms with Crippen LogP contribution in [-0.2, 0) is 6.54 Å². The summed E-state index contributed by atoms with van der Waals surface area (Å²) in [7, 11) is 1.71. The van der Waals surface area contributed by atoms with Crippen LogP contribution in [0.4, 0.5) is 4.39 Å². The summed E-state index contributed by atoms with van der Waals surface area (Å²) >= 11 is 0. The number of guanidine groups is 1. The average molecular weight is 447 g/mol. The molecule has 0 bridgehead atoms. The zero-order valence-corrected chi connectivity index (χ0v) is 16.1. The van der Waals surface area contributed by atoms with Crippen LogP contribution in [-0.4, -0.2) is 42.0 Å². The second kappa shape index (κ2) is 10.8. The van der Waals surface area contributed by atoms with Gasteiger partial charge in [0.25, 0.3) is 0 Å². The zero-order chi connectivity index (χ0) is 16.5. The third-order valence-electron chi connectivity index (χ3n) is 3.11. The van der Waals surface area contributed by atoms with Crippen molar-refractivity contribution in [3.8, 4) is 5.75 Å². The first-order chi connectivity index (χ1) is 11.2. The number of nitrogens with one attached hydrogen (secondary N) is 2. The Kier molecular flexibility index (Phi) is 9.13. The third-order valence-corrected chi connectivity index (χ3v) is 3.11. The molecule has 1 unspecified atom stereocenters. The minimum Gasteiger partial charge on any atom is -0.489 e. The Morgan fingerprint density at radius 3 is 2.88 bits per heavy atom. The molecule has 2 rings (SSSR count). The van der Waals surface area contributed by atoms with Gasteiger partial charge in [0.15, 0.2) is 5.96 Å². The molecule has 1 aromatic heterocycles. The van der Waals surface area contributed by atoms with Crippen LogP contribution in [0.2, 0.25) is 0 Å². The van der Waals surface area contributed by atoms with Crippen molar-refractivity contribution in [1.82, 2.24) is 20.4 Å². The molecule has 0 saturated heterocycles. The molecule has 0 radical (unpaired) electrons. The van der Waals surface area contributed by atoms with Gasteiger partial charge in [0, 0.05) is 32.1 Å². The van der Waals surface area contributed by atoms with E-state index >= 15 is 0 Å². The lowest BCUT2D eigenvalue weighted by molar-refractivity contribution is 0.223. The van der Waals surface area contributed by atoms with E-state index in [-0.39, 0.29) is 35.9 Å². The molecule has 2 aromatic rings. The van der Waals surface area contributed by atoms with E-state index in [4.69, 9.17) is 4.74 Å². The lowest BCUT2D eigenvalue weighted by atomic mass is 10.3. The SMILES string of the molecule is CN=C(NCCn1cccn1)NCC(C)Oc1cccc(F)c1.I. The first kappa shape index (κ1) is 20.2. The molecule has 2 N–H and O–H groups in total. The predicted octanol–water partition coefficient (Wildman–Crippen LogP) is 2.27. The van der Waals surface area contributed by atoms with Gasteiger partial charge in [-0.2, -0.15) is 5.10 Å². The topological polar surface area (TPSA) is 63.5 Å². The van der Waals surface area contributed by atoms with Gasteiger partial charge in [-0.3, -0.25) is 9.67 Å². The molecule has 0 aliphatic heterocycles. The van der Waals surface area contributed by atoms with E-state index in [0.29, 0.717) is 24.8 Å². The number of benzene rings is 1. The van der Waals surface area contributed by atoms with Crippen molar-refractivity contribution >= 4 is 29.9 Å². The molecule has 1 heterocycles. The van der Waals surface area contributed by atoms with Crippen LogP contribution in [0.15, 0.2) is 47.7 Å². The van der Waals surface area contributed by atoms with Gasteiger partial charge < -0.3 is 15.4 Å². The molecule has 8 heteroatoms. The lowest BCUT2D eigenvalue weighted by Crippen LogP contribution is -2.42. The van der Waals surface area contributed by atoms with Crippen molar-refractivity contribution < 1.29 is 9.13 Å². The molecule has 0 aliphatic carbocycles. The van der Waals surface area contributed by atoms with Gasteiger partial charge in [0.2, 0.25) is 0 Å². The van der Waals surface area contributed by atoms with E-state index < -0.39 is 0 Å². The molecule has 0 aliphatic rings. The largest absolute Gasteiger partial charge is 0.489 e. The van der Waals surface area contributed by atoms with Gasteiger partial charge in [-0.25, -0.2) is 4.39 Å². The summed E-state index contributed by atoms with van der Waals surface area (Å²) in [5.74, 6) is 0.895. The van der Waals surface area contributed by atoms with Crippen LogP contribution in [0.5, 0.6) is 5.75 Å². The van der Waals surface area contributed by atoms with Crippen molar-refractivity contribution in [2.45, 2.75) is 19.6 Å². The van der Waals surface area contributed by atoms with Gasteiger partial charge in [-0.05, 0) is 25.1 Å². The van der Waals surface area contributed by atoms with E-state index in [0.717, 1.165) is 6.54 Å². The number of hydrogen-bond acceptors (Lipinski definition) is 3. The highest BCUT2D eigenvalue weighted by Gasteiger charge is 2.06. The van der Waals surface area contributed by atoms with Gasteiger partial charge in [0.05, 0.1) is 13.1 Å². The summed E-state index contributed by atoms with van der Waals surface area (Å²) in [6.45, 7) is 3.93. The maximum atomic E-state index is 13.1. The van der Waals surface area contributed by atoms with Gasteiger partial charge in [-0.15, -0.1) is 24.0 Å². The standard InChI is InChI=1S/C16H22FN5O.HI/c1-13(23-15-6-3-5-14(17)11-15)12-20-16(18-2)19-8-10-22-9-4-7-21-22;/h3-7,9,11,13H,8,10,12H2,1-2H3,(H2,18,19,20);1H. The van der Waals surface area contributed by atoms with Crippen LogP contribution in [0.3, 0.4) is 0 Å². The third kappa shape index (κ3) is 7.16. The Morgan fingerprint density at radius 1 is 1.38 bits per heavy atom. The molecule has 0 spiro atoms. The molecule has 0 fully saturated rings. The van der Waals surface area contributed by atoms with Crippen LogP contribution in [0.1, 0.15) is 6.92 Å². The van der Waals surface area contributed by atoms with Crippen molar-refractivity contribution in [2.75, 3.05) is 20.1 Å². The number of rotatable bonds is 7. The van der Waals surface area contributed by atoms with Crippen LogP contribution >= 0.6 is 24.0 Å². The fraction of sp³-hybridized carbons (Fsp3) is 0.375. The van der Waals surface area contributed by atoms with Crippen LogP contribution in [0.25, 0.3) is 0 Å². The van der Waals surface area contributed by atoms with E-state index in [1.54, 1.807) is 25.4 Å². The number of aromatic nitrogens is 2. The molecule has 0 saturated carbocycles. The first-order valence-corrected chi connectivity index (χ1v) is 7.51. The second-order valence-electron chi connectivity index (χ2n) is 5.03. The van der Waals surface area contributed by atoms with E-state index in [9.17, 15) is 4.39 Å². The summed E-state index contributed by atoms with van der Waals surface area (Å²) in [6.07, 6.45) is 3.53. The normalized spacial score (nSPS) is 12.2. The molecular weight excluding hydrogens is 424 g/mol. The highest BCUT2D eigenvalue weighted by molar-refractivity contribution is 14.0. The lowest BCUT2D eigenvalue weighted by Gasteiger charge is -2.17. The maximum Gasteiger partial charge on any atom is 0.191 e. The maximum absolute atomic E-state index is 13.1. The highest BCUT2D eigenvalue weighted by Crippen LogP contribution is 2.13. The second-order valence-corrected chi connectivity index (χ2v) is 5.03. The highest BCUT2D eigenvalue weighted by atomic mass is 127. The molecule has 1 aromatic carbocycles.